The van der Waals surface area contributed by atoms with Gasteiger partial charge in [-0.25, -0.2) is 0 Å². The third-order valence-corrected chi connectivity index (χ3v) is 5.71. The molecule has 3 rings (SSSR count). The number of carbonyl (C=O) groups is 2. The molecule has 0 radical (unpaired) electrons. The topological polar surface area (TPSA) is 45.6 Å². The smallest absolute Gasteiger partial charge is 0.255 e. The fourth-order valence-corrected chi connectivity index (χ4v) is 3.77. The summed E-state index contributed by atoms with van der Waals surface area (Å²) in [6.45, 7) is 6.40. The molecule has 2 amide bonds. The van der Waals surface area contributed by atoms with Crippen LogP contribution in [0.25, 0.3) is 0 Å². The molecule has 0 N–H and O–H groups in total. The van der Waals surface area contributed by atoms with Crippen LogP contribution >= 0.6 is 11.3 Å². The quantitative estimate of drug-likeness (QED) is 0.856. The molecule has 6 heteroatoms. The van der Waals surface area contributed by atoms with Crippen LogP contribution < -0.4 is 0 Å². The van der Waals surface area contributed by atoms with Crippen LogP contribution in [-0.2, 0) is 18.3 Å². The van der Waals surface area contributed by atoms with Crippen LogP contribution in [-0.4, -0.2) is 52.4 Å². The number of aromatic nitrogens is 1. The van der Waals surface area contributed by atoms with Crippen molar-refractivity contribution in [2.24, 2.45) is 7.05 Å². The van der Waals surface area contributed by atoms with E-state index in [9.17, 15) is 9.59 Å². The van der Waals surface area contributed by atoms with Crippen molar-refractivity contribution >= 4 is 23.2 Å². The van der Waals surface area contributed by atoms with Gasteiger partial charge in [-0.2, -0.15) is 0 Å². The largest absolute Gasteiger partial charge is 0.351 e. The number of thiophene rings is 1. The second-order valence-corrected chi connectivity index (χ2v) is 7.31. The molecule has 0 spiro atoms. The number of aryl methyl sites for hydroxylation is 1. The molecule has 0 aliphatic carbocycles. The summed E-state index contributed by atoms with van der Waals surface area (Å²) in [4.78, 5) is 29.9. The minimum atomic E-state index is 0.0709. The normalized spacial score (nSPS) is 15.0. The Morgan fingerprint density at radius 3 is 2.33 bits per heavy atom. The van der Waals surface area contributed by atoms with Crippen LogP contribution in [0.4, 0.5) is 0 Å². The number of piperazine rings is 1. The third kappa shape index (κ3) is 3.24. The van der Waals surface area contributed by atoms with E-state index < -0.39 is 0 Å². The monoisotopic (exact) mass is 345 g/mol. The Morgan fingerprint density at radius 1 is 1.12 bits per heavy atom. The summed E-state index contributed by atoms with van der Waals surface area (Å²) in [5.41, 5.74) is 2.85. The minimum absolute atomic E-state index is 0.0709. The standard InChI is InChI=1S/C18H23N3O2S/c1-13-11-16(14(2)19(13)3)18(23)21-8-6-20(7-9-21)17(22)12-15-5-4-10-24-15/h4-5,10-11H,6-9,12H2,1-3H3. The summed E-state index contributed by atoms with van der Waals surface area (Å²) in [5.74, 6) is 0.220. The predicted molar refractivity (Wildman–Crippen MR) is 95.4 cm³/mol. The van der Waals surface area contributed by atoms with Crippen LogP contribution in [0.15, 0.2) is 23.6 Å². The second kappa shape index (κ2) is 6.81. The predicted octanol–water partition coefficient (Wildman–Crippen LogP) is 2.23. The van der Waals surface area contributed by atoms with Crippen molar-refractivity contribution in [1.82, 2.24) is 14.4 Å². The van der Waals surface area contributed by atoms with Gasteiger partial charge in [-0.05, 0) is 31.4 Å². The van der Waals surface area contributed by atoms with Gasteiger partial charge in [-0.1, -0.05) is 6.07 Å². The number of rotatable bonds is 3. The van der Waals surface area contributed by atoms with Crippen LogP contribution in [0.1, 0.15) is 26.6 Å². The van der Waals surface area contributed by atoms with E-state index in [0.717, 1.165) is 21.8 Å². The molecule has 24 heavy (non-hydrogen) atoms. The Balaban J connectivity index is 1.59. The summed E-state index contributed by atoms with van der Waals surface area (Å²) in [7, 11) is 1.97. The molecule has 0 saturated carbocycles. The lowest BCUT2D eigenvalue weighted by molar-refractivity contribution is -0.131. The maximum atomic E-state index is 12.7. The van der Waals surface area contributed by atoms with Gasteiger partial charge in [0.1, 0.15) is 0 Å². The highest BCUT2D eigenvalue weighted by Gasteiger charge is 2.26. The number of carbonyl (C=O) groups excluding carboxylic acids is 2. The van der Waals surface area contributed by atoms with E-state index in [-0.39, 0.29) is 11.8 Å². The van der Waals surface area contributed by atoms with E-state index in [1.807, 2.05) is 58.8 Å². The first-order valence-electron chi connectivity index (χ1n) is 8.19. The number of hydrogen-bond donors (Lipinski definition) is 0. The fraction of sp³-hybridized carbons (Fsp3) is 0.444. The van der Waals surface area contributed by atoms with Gasteiger partial charge in [0.2, 0.25) is 5.91 Å². The molecule has 1 aliphatic rings. The van der Waals surface area contributed by atoms with E-state index in [0.29, 0.717) is 32.6 Å². The zero-order chi connectivity index (χ0) is 17.3. The van der Waals surface area contributed by atoms with Gasteiger partial charge < -0.3 is 14.4 Å². The average molecular weight is 345 g/mol. The number of nitrogens with zero attached hydrogens (tertiary/aromatic N) is 3. The molecule has 0 bridgehead atoms. The lowest BCUT2D eigenvalue weighted by Gasteiger charge is -2.34. The molecule has 1 fully saturated rings. The first-order valence-corrected chi connectivity index (χ1v) is 9.07. The van der Waals surface area contributed by atoms with Gasteiger partial charge in [0.05, 0.1) is 12.0 Å². The van der Waals surface area contributed by atoms with Gasteiger partial charge in [0.25, 0.3) is 5.91 Å². The van der Waals surface area contributed by atoms with E-state index >= 15 is 0 Å². The Kier molecular flexibility index (Phi) is 4.76. The van der Waals surface area contributed by atoms with Crippen LogP contribution in [0.2, 0.25) is 0 Å². The molecule has 128 valence electrons. The highest BCUT2D eigenvalue weighted by Crippen LogP contribution is 2.17. The lowest BCUT2D eigenvalue weighted by Crippen LogP contribution is -2.51. The van der Waals surface area contributed by atoms with Crippen molar-refractivity contribution in [3.05, 3.63) is 45.4 Å². The molecule has 1 aliphatic heterocycles. The first-order chi connectivity index (χ1) is 11.5. The molecule has 3 heterocycles. The number of hydrogen-bond acceptors (Lipinski definition) is 3. The summed E-state index contributed by atoms with van der Waals surface area (Å²) < 4.78 is 2.04. The summed E-state index contributed by atoms with van der Waals surface area (Å²) in [6.07, 6.45) is 0.461. The summed E-state index contributed by atoms with van der Waals surface area (Å²) >= 11 is 1.61. The Labute approximate surface area is 146 Å². The molecular weight excluding hydrogens is 322 g/mol. The molecule has 2 aromatic heterocycles. The van der Waals surface area contributed by atoms with Gasteiger partial charge in [0.15, 0.2) is 0 Å². The third-order valence-electron chi connectivity index (χ3n) is 4.83. The average Bonchev–Trinajstić information content (AvgIpc) is 3.18. The SMILES string of the molecule is Cc1cc(C(=O)N2CCN(C(=O)Cc3cccs3)CC2)c(C)n1C. The molecule has 0 unspecified atom stereocenters. The van der Waals surface area contributed by atoms with Crippen molar-refractivity contribution in [1.29, 1.82) is 0 Å². The zero-order valence-corrected chi connectivity index (χ0v) is 15.2. The van der Waals surface area contributed by atoms with E-state index in [1.165, 1.54) is 0 Å². The van der Waals surface area contributed by atoms with E-state index in [1.54, 1.807) is 11.3 Å². The van der Waals surface area contributed by atoms with Crippen molar-refractivity contribution in [2.45, 2.75) is 20.3 Å². The van der Waals surface area contributed by atoms with Gasteiger partial charge >= 0.3 is 0 Å². The molecule has 1 saturated heterocycles. The first kappa shape index (κ1) is 16.8. The summed E-state index contributed by atoms with van der Waals surface area (Å²) in [6, 6.07) is 5.91. The van der Waals surface area contributed by atoms with Gasteiger partial charge in [0, 0.05) is 49.5 Å². The molecule has 2 aromatic rings. The van der Waals surface area contributed by atoms with Crippen LogP contribution in [0.3, 0.4) is 0 Å². The van der Waals surface area contributed by atoms with Crippen molar-refractivity contribution in [2.75, 3.05) is 26.2 Å². The Morgan fingerprint density at radius 2 is 1.79 bits per heavy atom. The minimum Gasteiger partial charge on any atom is -0.351 e. The fourth-order valence-electron chi connectivity index (χ4n) is 3.08. The maximum absolute atomic E-state index is 12.7. The highest BCUT2D eigenvalue weighted by molar-refractivity contribution is 7.10. The van der Waals surface area contributed by atoms with E-state index in [2.05, 4.69) is 0 Å². The van der Waals surface area contributed by atoms with Crippen LogP contribution in [0, 0.1) is 13.8 Å². The molecule has 0 atom stereocenters. The Hall–Kier alpha value is -2.08. The lowest BCUT2D eigenvalue weighted by atomic mass is 10.2. The molecule has 5 nitrogen and oxygen atoms in total. The van der Waals surface area contributed by atoms with Crippen LogP contribution in [0.5, 0.6) is 0 Å². The van der Waals surface area contributed by atoms with Crippen molar-refractivity contribution < 1.29 is 9.59 Å². The van der Waals surface area contributed by atoms with Crippen molar-refractivity contribution in [3.63, 3.8) is 0 Å². The second-order valence-electron chi connectivity index (χ2n) is 6.27. The van der Waals surface area contributed by atoms with E-state index in [4.69, 9.17) is 0 Å². The highest BCUT2D eigenvalue weighted by atomic mass is 32.1. The van der Waals surface area contributed by atoms with Gasteiger partial charge in [-0.3, -0.25) is 9.59 Å². The zero-order valence-electron chi connectivity index (χ0n) is 14.4. The molecule has 0 aromatic carbocycles. The molecular formula is C18H23N3O2S. The van der Waals surface area contributed by atoms with Crippen molar-refractivity contribution in [3.8, 4) is 0 Å². The summed E-state index contributed by atoms with van der Waals surface area (Å²) in [5, 5.41) is 1.99. The Bertz CT molecular complexity index is 741. The maximum Gasteiger partial charge on any atom is 0.255 e. The number of amides is 2. The van der Waals surface area contributed by atoms with Gasteiger partial charge in [-0.15, -0.1) is 11.3 Å².